The van der Waals surface area contributed by atoms with Crippen LogP contribution in [-0.2, 0) is 4.79 Å². The molecule has 6 nitrogen and oxygen atoms in total. The first kappa shape index (κ1) is 28.5. The van der Waals surface area contributed by atoms with Crippen molar-refractivity contribution in [2.75, 3.05) is 19.1 Å². The van der Waals surface area contributed by atoms with Crippen LogP contribution in [0.5, 0.6) is 0 Å². The van der Waals surface area contributed by atoms with Gasteiger partial charge in [0.2, 0.25) is 0 Å². The van der Waals surface area contributed by atoms with Crippen LogP contribution in [0.25, 0.3) is 0 Å². The van der Waals surface area contributed by atoms with Gasteiger partial charge in [0.25, 0.3) is 5.91 Å². The Morgan fingerprint density at radius 2 is 2.03 bits per heavy atom. The van der Waals surface area contributed by atoms with Crippen LogP contribution in [0.2, 0.25) is 0 Å². The zero-order valence-corrected chi connectivity index (χ0v) is 19.2. The van der Waals surface area contributed by atoms with E-state index in [1.807, 2.05) is 0 Å². The Kier molecular flexibility index (Phi) is 14.9. The van der Waals surface area contributed by atoms with Gasteiger partial charge >= 0.3 is 0 Å². The minimum atomic E-state index is -0.657. The topological polar surface area (TPSA) is 101 Å². The van der Waals surface area contributed by atoms with Gasteiger partial charge in [-0.05, 0) is 30.3 Å². The number of anilines is 1. The predicted molar refractivity (Wildman–Crippen MR) is 122 cm³/mol. The van der Waals surface area contributed by atoms with E-state index in [1.165, 1.54) is 24.4 Å². The highest BCUT2D eigenvalue weighted by atomic mass is 19.1. The molecule has 0 aromatic carbocycles. The molecule has 0 aliphatic carbocycles. The number of nitrogens with zero attached hydrogens (tertiary/aromatic N) is 1. The van der Waals surface area contributed by atoms with Gasteiger partial charge in [0, 0.05) is 12.5 Å². The van der Waals surface area contributed by atoms with Crippen LogP contribution in [0.15, 0.2) is 30.0 Å². The van der Waals surface area contributed by atoms with Gasteiger partial charge in [-0.2, -0.15) is 5.10 Å². The second kappa shape index (κ2) is 16.2. The third-order valence-corrected chi connectivity index (χ3v) is 4.42. The molecule has 1 aromatic heterocycles. The summed E-state index contributed by atoms with van der Waals surface area (Å²) in [6.07, 6.45) is 11.5. The number of aromatic nitrogens is 2. The summed E-state index contributed by atoms with van der Waals surface area (Å²) in [5.41, 5.74) is 7.16. The lowest BCUT2D eigenvalue weighted by Gasteiger charge is -2.22. The molecular formula is C23H38F2N4O2. The van der Waals surface area contributed by atoms with Crippen molar-refractivity contribution in [1.29, 1.82) is 0 Å². The molecule has 1 heterocycles. The Labute approximate surface area is 184 Å². The average Bonchev–Trinajstić information content (AvgIpc) is 3.13. The molecule has 0 spiro atoms. The summed E-state index contributed by atoms with van der Waals surface area (Å²) in [7, 11) is 0. The monoisotopic (exact) mass is 440 g/mol. The number of amides is 1. The van der Waals surface area contributed by atoms with E-state index in [2.05, 4.69) is 43.2 Å². The first-order valence-corrected chi connectivity index (χ1v) is 10.7. The number of alkyl halides is 2. The molecule has 8 heteroatoms. The van der Waals surface area contributed by atoms with Gasteiger partial charge in [-0.3, -0.25) is 9.89 Å². The van der Waals surface area contributed by atoms with Gasteiger partial charge in [-0.1, -0.05) is 58.8 Å². The number of halogens is 2. The average molecular weight is 441 g/mol. The molecular weight excluding hydrogens is 402 g/mol. The zero-order chi connectivity index (χ0) is 23.7. The van der Waals surface area contributed by atoms with Crippen molar-refractivity contribution in [3.05, 3.63) is 35.7 Å². The fourth-order valence-electron chi connectivity index (χ4n) is 2.78. The Balaban J connectivity index is 0.000000695. The minimum absolute atomic E-state index is 0.0765. The van der Waals surface area contributed by atoms with Crippen molar-refractivity contribution < 1.29 is 18.4 Å². The maximum absolute atomic E-state index is 12.1. The van der Waals surface area contributed by atoms with Gasteiger partial charge in [0.15, 0.2) is 0 Å². The van der Waals surface area contributed by atoms with Crippen LogP contribution in [-0.4, -0.2) is 41.8 Å². The highest BCUT2D eigenvalue weighted by molar-refractivity contribution is 5.97. The number of H-pyrrole nitrogens is 1. The maximum Gasteiger partial charge on any atom is 0.271 e. The van der Waals surface area contributed by atoms with E-state index in [0.717, 1.165) is 32.1 Å². The van der Waals surface area contributed by atoms with E-state index < -0.39 is 13.3 Å². The largest absolute Gasteiger partial charge is 0.396 e. The van der Waals surface area contributed by atoms with E-state index in [0.29, 0.717) is 28.7 Å². The summed E-state index contributed by atoms with van der Waals surface area (Å²) in [5.74, 6) is -0.158. The lowest BCUT2D eigenvalue weighted by molar-refractivity contribution is -0.107. The molecule has 31 heavy (non-hydrogen) atoms. The second-order valence-corrected chi connectivity index (χ2v) is 8.52. The van der Waals surface area contributed by atoms with Crippen LogP contribution in [0.3, 0.4) is 0 Å². The summed E-state index contributed by atoms with van der Waals surface area (Å²) in [6, 6.07) is 0.206. The smallest absolute Gasteiger partial charge is 0.271 e. The van der Waals surface area contributed by atoms with Crippen molar-refractivity contribution in [2.45, 2.75) is 72.3 Å². The molecule has 1 amide bonds. The van der Waals surface area contributed by atoms with E-state index in [9.17, 15) is 18.4 Å². The Morgan fingerprint density at radius 1 is 1.32 bits per heavy atom. The number of aldehydes is 1. The van der Waals surface area contributed by atoms with Gasteiger partial charge in [-0.25, -0.2) is 8.78 Å². The molecule has 176 valence electrons. The second-order valence-electron chi connectivity index (χ2n) is 8.52. The van der Waals surface area contributed by atoms with Crippen LogP contribution in [0, 0.1) is 5.41 Å². The highest BCUT2D eigenvalue weighted by Gasteiger charge is 2.17. The molecule has 0 aliphatic rings. The van der Waals surface area contributed by atoms with Crippen LogP contribution < -0.4 is 11.1 Å². The third kappa shape index (κ3) is 14.2. The SMILES string of the molecule is CCCC(CCCC(C)(C)C)NC(=O)c1[nH]ncc1N.O=CC/C(=C\C=C/CF)CF. The Hall–Kier alpha value is -2.51. The lowest BCUT2D eigenvalue weighted by atomic mass is 9.88. The standard InChI is InChI=1S/C15H28N4O.C8H10F2O/c1-5-7-11(8-6-9-15(2,3)4)18-14(20)13-12(16)10-17-19-13;9-5-2-1-3-8(7-10)4-6-11/h10-11H,5-9,16H2,1-4H3,(H,17,19)(H,18,20);1-3,6H,4-5,7H2/b;2-1-,8-3+. The van der Waals surface area contributed by atoms with Gasteiger partial charge in [-0.15, -0.1) is 0 Å². The van der Waals surface area contributed by atoms with Crippen LogP contribution in [0.1, 0.15) is 76.7 Å². The number of carbonyl (C=O) groups is 2. The number of carbonyl (C=O) groups excluding carboxylic acids is 2. The summed E-state index contributed by atoms with van der Waals surface area (Å²) in [5, 5.41) is 9.48. The fourth-order valence-corrected chi connectivity index (χ4v) is 2.78. The van der Waals surface area contributed by atoms with Crippen molar-refractivity contribution >= 4 is 17.9 Å². The molecule has 1 unspecified atom stereocenters. The van der Waals surface area contributed by atoms with Crippen molar-refractivity contribution in [3.63, 3.8) is 0 Å². The number of hydrogen-bond acceptors (Lipinski definition) is 4. The summed E-state index contributed by atoms with van der Waals surface area (Å²) < 4.78 is 23.4. The van der Waals surface area contributed by atoms with E-state index in [4.69, 9.17) is 5.73 Å². The van der Waals surface area contributed by atoms with Crippen molar-refractivity contribution in [3.8, 4) is 0 Å². The summed E-state index contributed by atoms with van der Waals surface area (Å²) in [6.45, 7) is 7.63. The van der Waals surface area contributed by atoms with Gasteiger partial charge in [0.1, 0.15) is 25.3 Å². The number of allylic oxidation sites excluding steroid dienone is 4. The number of nitrogens with two attached hydrogens (primary N) is 1. The third-order valence-electron chi connectivity index (χ3n) is 4.42. The molecule has 0 saturated carbocycles. The van der Waals surface area contributed by atoms with E-state index in [1.54, 1.807) is 0 Å². The Morgan fingerprint density at radius 3 is 2.52 bits per heavy atom. The molecule has 4 N–H and O–H groups in total. The molecule has 1 atom stereocenters. The highest BCUT2D eigenvalue weighted by Crippen LogP contribution is 2.23. The van der Waals surface area contributed by atoms with E-state index >= 15 is 0 Å². The number of nitrogen functional groups attached to an aromatic ring is 1. The quantitative estimate of drug-likeness (QED) is 0.311. The molecule has 0 radical (unpaired) electrons. The molecule has 0 aliphatic heterocycles. The number of hydrogen-bond donors (Lipinski definition) is 3. The number of aromatic amines is 1. The van der Waals surface area contributed by atoms with Crippen LogP contribution >= 0.6 is 0 Å². The maximum atomic E-state index is 12.1. The van der Waals surface area contributed by atoms with Crippen molar-refractivity contribution in [2.24, 2.45) is 5.41 Å². The van der Waals surface area contributed by atoms with Crippen LogP contribution in [0.4, 0.5) is 14.5 Å². The molecule has 0 fully saturated rings. The van der Waals surface area contributed by atoms with Crippen molar-refractivity contribution in [1.82, 2.24) is 15.5 Å². The number of nitrogens with one attached hydrogen (secondary N) is 2. The van der Waals surface area contributed by atoms with E-state index in [-0.39, 0.29) is 18.4 Å². The Bertz CT molecular complexity index is 694. The minimum Gasteiger partial charge on any atom is -0.396 e. The molecule has 0 saturated heterocycles. The first-order valence-electron chi connectivity index (χ1n) is 10.7. The van der Waals surface area contributed by atoms with Gasteiger partial charge < -0.3 is 15.8 Å². The molecule has 1 rings (SSSR count). The summed E-state index contributed by atoms with van der Waals surface area (Å²) in [4.78, 5) is 22.0. The first-order chi connectivity index (χ1) is 14.7. The number of rotatable bonds is 12. The zero-order valence-electron chi connectivity index (χ0n) is 19.2. The van der Waals surface area contributed by atoms with Gasteiger partial charge in [0.05, 0.1) is 11.9 Å². The normalized spacial score (nSPS) is 12.9. The lowest BCUT2D eigenvalue weighted by Crippen LogP contribution is -2.35. The summed E-state index contributed by atoms with van der Waals surface area (Å²) >= 11 is 0. The molecule has 0 bridgehead atoms. The molecule has 1 aromatic rings. The predicted octanol–water partition coefficient (Wildman–Crippen LogP) is 5.10. The fraction of sp³-hybridized carbons (Fsp3) is 0.609.